The van der Waals surface area contributed by atoms with E-state index in [0.717, 1.165) is 0 Å². The summed E-state index contributed by atoms with van der Waals surface area (Å²) in [6.07, 6.45) is 3.55. The van der Waals surface area contributed by atoms with Gasteiger partial charge in [0.2, 0.25) is 11.6 Å². The fourth-order valence-corrected chi connectivity index (χ4v) is 2.04. The maximum absolute atomic E-state index is 12.9. The molecule has 3 aromatic rings. The Morgan fingerprint density at radius 1 is 1.00 bits per heavy atom. The van der Waals surface area contributed by atoms with E-state index in [1.54, 1.807) is 25.5 Å². The number of carbonyl (C=O) groups is 1. The third kappa shape index (κ3) is 4.14. The summed E-state index contributed by atoms with van der Waals surface area (Å²) >= 11 is 0. The monoisotopic (exact) mass is 339 g/mol. The molecule has 1 aromatic carbocycles. The second-order valence-electron chi connectivity index (χ2n) is 5.20. The molecule has 0 saturated heterocycles. The van der Waals surface area contributed by atoms with Gasteiger partial charge in [0.05, 0.1) is 0 Å². The molecular formula is C16H14FN7O. The zero-order valence-electron chi connectivity index (χ0n) is 13.4. The molecule has 2 aromatic heterocycles. The lowest BCUT2D eigenvalue weighted by molar-refractivity contribution is 0.0796. The van der Waals surface area contributed by atoms with Crippen LogP contribution in [0, 0.1) is 5.82 Å². The predicted octanol–water partition coefficient (Wildman–Crippen LogP) is 1.18. The van der Waals surface area contributed by atoms with Crippen molar-refractivity contribution in [2.45, 2.75) is 6.42 Å². The molecule has 8 nitrogen and oxygen atoms in total. The summed E-state index contributed by atoms with van der Waals surface area (Å²) in [6, 6.07) is 7.09. The van der Waals surface area contributed by atoms with Gasteiger partial charge in [-0.15, -0.1) is 20.4 Å². The van der Waals surface area contributed by atoms with Gasteiger partial charge in [-0.05, 0) is 30.3 Å². The van der Waals surface area contributed by atoms with Gasteiger partial charge < -0.3 is 4.90 Å². The van der Waals surface area contributed by atoms with Crippen LogP contribution in [0.3, 0.4) is 0 Å². The van der Waals surface area contributed by atoms with Gasteiger partial charge in [0.15, 0.2) is 5.82 Å². The van der Waals surface area contributed by atoms with Gasteiger partial charge in [-0.3, -0.25) is 4.79 Å². The Kier molecular flexibility index (Phi) is 4.93. The molecule has 0 spiro atoms. The van der Waals surface area contributed by atoms with E-state index in [4.69, 9.17) is 0 Å². The molecule has 0 atom stereocenters. The maximum Gasteiger partial charge on any atom is 0.253 e. The molecular weight excluding hydrogens is 325 g/mol. The van der Waals surface area contributed by atoms with Gasteiger partial charge in [-0.2, -0.15) is 0 Å². The lowest BCUT2D eigenvalue weighted by Gasteiger charge is -2.16. The van der Waals surface area contributed by atoms with Crippen LogP contribution in [-0.2, 0) is 6.42 Å². The fourth-order valence-electron chi connectivity index (χ4n) is 2.04. The lowest BCUT2D eigenvalue weighted by atomic mass is 10.2. The number of likely N-dealkylation sites (N-methyl/N-ethyl adjacent to an activating group) is 1. The molecule has 0 aliphatic rings. The first-order valence-corrected chi connectivity index (χ1v) is 7.48. The average molecular weight is 339 g/mol. The molecule has 0 aliphatic carbocycles. The van der Waals surface area contributed by atoms with E-state index in [9.17, 15) is 9.18 Å². The number of nitrogens with zero attached hydrogens (tertiary/aromatic N) is 7. The summed E-state index contributed by atoms with van der Waals surface area (Å²) in [6.45, 7) is 0.376. The molecule has 9 heteroatoms. The second kappa shape index (κ2) is 7.47. The highest BCUT2D eigenvalue weighted by Gasteiger charge is 2.13. The minimum atomic E-state index is -0.382. The Labute approximate surface area is 142 Å². The van der Waals surface area contributed by atoms with Crippen molar-refractivity contribution in [1.29, 1.82) is 0 Å². The Hall–Kier alpha value is -3.36. The average Bonchev–Trinajstić information content (AvgIpc) is 2.67. The maximum atomic E-state index is 12.9. The van der Waals surface area contributed by atoms with E-state index in [1.807, 2.05) is 0 Å². The number of aromatic nitrogens is 6. The van der Waals surface area contributed by atoms with Crippen molar-refractivity contribution in [3.8, 4) is 11.6 Å². The van der Waals surface area contributed by atoms with Crippen molar-refractivity contribution in [2.24, 2.45) is 0 Å². The summed E-state index contributed by atoms with van der Waals surface area (Å²) in [4.78, 5) is 21.8. The van der Waals surface area contributed by atoms with Crippen LogP contribution in [0.2, 0.25) is 0 Å². The van der Waals surface area contributed by atoms with Gasteiger partial charge in [0, 0.05) is 38.0 Å². The number of benzene rings is 1. The van der Waals surface area contributed by atoms with Crippen molar-refractivity contribution in [1.82, 2.24) is 35.3 Å². The van der Waals surface area contributed by atoms with Crippen LogP contribution in [-0.4, -0.2) is 54.8 Å². The number of carbonyl (C=O) groups excluding carboxylic acids is 1. The summed E-state index contributed by atoms with van der Waals surface area (Å²) in [7, 11) is 1.65. The van der Waals surface area contributed by atoms with Gasteiger partial charge in [0.1, 0.15) is 5.82 Å². The molecule has 0 unspecified atom stereocenters. The first-order valence-electron chi connectivity index (χ1n) is 7.48. The minimum absolute atomic E-state index is 0.213. The first kappa shape index (κ1) is 16.5. The largest absolute Gasteiger partial charge is 0.341 e. The van der Waals surface area contributed by atoms with Crippen LogP contribution in [0.1, 0.15) is 16.2 Å². The third-order valence-electron chi connectivity index (χ3n) is 3.39. The highest BCUT2D eigenvalue weighted by Crippen LogP contribution is 2.07. The standard InChI is InChI=1S/C16H14FN7O/c1-24(16(25)11-3-5-12(17)6-4-11)10-7-13-20-22-15(23-21-13)14-18-8-2-9-19-14/h2-6,8-9H,7,10H2,1H3. The molecule has 0 fully saturated rings. The highest BCUT2D eigenvalue weighted by atomic mass is 19.1. The predicted molar refractivity (Wildman–Crippen MR) is 85.7 cm³/mol. The van der Waals surface area contributed by atoms with E-state index in [-0.39, 0.29) is 17.5 Å². The lowest BCUT2D eigenvalue weighted by Crippen LogP contribution is -2.29. The van der Waals surface area contributed by atoms with Crippen LogP contribution in [0.15, 0.2) is 42.7 Å². The zero-order chi connectivity index (χ0) is 17.6. The quantitative estimate of drug-likeness (QED) is 0.688. The SMILES string of the molecule is CN(CCc1nnc(-c2ncccn2)nn1)C(=O)c1ccc(F)cc1. The van der Waals surface area contributed by atoms with E-state index in [1.165, 1.54) is 29.2 Å². The van der Waals surface area contributed by atoms with Crippen LogP contribution in [0.5, 0.6) is 0 Å². The summed E-state index contributed by atoms with van der Waals surface area (Å²) in [5.41, 5.74) is 0.414. The Balaban J connectivity index is 1.59. The normalized spacial score (nSPS) is 10.5. The summed E-state index contributed by atoms with van der Waals surface area (Å²) in [5.74, 6) is 0.388. The molecule has 126 valence electrons. The van der Waals surface area contributed by atoms with Gasteiger partial charge >= 0.3 is 0 Å². The van der Waals surface area contributed by atoms with Crippen LogP contribution in [0.4, 0.5) is 4.39 Å². The fraction of sp³-hybridized carbons (Fsp3) is 0.188. The van der Waals surface area contributed by atoms with Crippen LogP contribution in [0.25, 0.3) is 11.6 Å². The Morgan fingerprint density at radius 2 is 1.64 bits per heavy atom. The molecule has 2 heterocycles. The third-order valence-corrected chi connectivity index (χ3v) is 3.39. The molecule has 1 amide bonds. The highest BCUT2D eigenvalue weighted by molar-refractivity contribution is 5.93. The molecule has 0 radical (unpaired) electrons. The first-order chi connectivity index (χ1) is 12.1. The minimum Gasteiger partial charge on any atom is -0.341 e. The van der Waals surface area contributed by atoms with Crippen molar-refractivity contribution in [3.05, 3.63) is 59.9 Å². The zero-order valence-corrected chi connectivity index (χ0v) is 13.4. The number of amides is 1. The Bertz CT molecular complexity index is 841. The van der Waals surface area contributed by atoms with Gasteiger partial charge in [-0.1, -0.05) is 0 Å². The van der Waals surface area contributed by atoms with Crippen molar-refractivity contribution < 1.29 is 9.18 Å². The second-order valence-corrected chi connectivity index (χ2v) is 5.20. The van der Waals surface area contributed by atoms with Crippen molar-refractivity contribution >= 4 is 5.91 Å². The number of rotatable bonds is 5. The van der Waals surface area contributed by atoms with Crippen LogP contribution < -0.4 is 0 Å². The van der Waals surface area contributed by atoms with E-state index in [0.29, 0.717) is 30.2 Å². The van der Waals surface area contributed by atoms with Crippen molar-refractivity contribution in [3.63, 3.8) is 0 Å². The molecule has 0 bridgehead atoms. The number of hydrogen-bond acceptors (Lipinski definition) is 7. The topological polar surface area (TPSA) is 97.7 Å². The molecule has 0 aliphatic heterocycles. The van der Waals surface area contributed by atoms with E-state index < -0.39 is 0 Å². The Morgan fingerprint density at radius 3 is 2.28 bits per heavy atom. The van der Waals surface area contributed by atoms with E-state index >= 15 is 0 Å². The van der Waals surface area contributed by atoms with E-state index in [2.05, 4.69) is 30.4 Å². The number of hydrogen-bond donors (Lipinski definition) is 0. The molecule has 0 N–H and O–H groups in total. The smallest absolute Gasteiger partial charge is 0.253 e. The van der Waals surface area contributed by atoms with Crippen LogP contribution >= 0.6 is 0 Å². The van der Waals surface area contributed by atoms with Gasteiger partial charge in [-0.25, -0.2) is 14.4 Å². The molecule has 3 rings (SSSR count). The molecule has 25 heavy (non-hydrogen) atoms. The van der Waals surface area contributed by atoms with Gasteiger partial charge in [0.25, 0.3) is 5.91 Å². The molecule has 0 saturated carbocycles. The summed E-state index contributed by atoms with van der Waals surface area (Å²) < 4.78 is 12.9. The van der Waals surface area contributed by atoms with Crippen molar-refractivity contribution in [2.75, 3.05) is 13.6 Å². The number of halogens is 1. The summed E-state index contributed by atoms with van der Waals surface area (Å²) in [5, 5.41) is 15.9.